The smallest absolute Gasteiger partial charge is 0.124 e. The van der Waals surface area contributed by atoms with Crippen LogP contribution in [0.25, 0.3) is 0 Å². The molecule has 0 saturated heterocycles. The summed E-state index contributed by atoms with van der Waals surface area (Å²) in [6.07, 6.45) is 11.9. The first-order valence-electron chi connectivity index (χ1n) is 8.31. The minimum atomic E-state index is -0.148. The van der Waals surface area contributed by atoms with Crippen molar-refractivity contribution in [2.45, 2.75) is 70.8 Å². The van der Waals surface area contributed by atoms with Crippen LogP contribution in [0, 0.1) is 9.39 Å². The van der Waals surface area contributed by atoms with E-state index in [1.807, 2.05) is 13.1 Å². The zero-order valence-corrected chi connectivity index (χ0v) is 15.6. The Balaban J connectivity index is 2.25. The van der Waals surface area contributed by atoms with Crippen molar-refractivity contribution >= 4 is 22.6 Å². The second-order valence-electron chi connectivity index (χ2n) is 5.77. The fraction of sp³-hybridized carbons (Fsp3) is 0.667. The van der Waals surface area contributed by atoms with Gasteiger partial charge < -0.3 is 5.32 Å². The Morgan fingerprint density at radius 1 is 1.05 bits per heavy atom. The summed E-state index contributed by atoms with van der Waals surface area (Å²) >= 11 is 2.23. The lowest BCUT2D eigenvalue weighted by molar-refractivity contribution is 0.492. The van der Waals surface area contributed by atoms with Crippen molar-refractivity contribution in [2.75, 3.05) is 7.05 Å². The molecular weight excluding hydrogens is 376 g/mol. The number of benzene rings is 1. The summed E-state index contributed by atoms with van der Waals surface area (Å²) in [4.78, 5) is 0. The molecule has 120 valence electrons. The van der Waals surface area contributed by atoms with Gasteiger partial charge in [-0.05, 0) is 53.8 Å². The molecule has 0 fully saturated rings. The molecule has 21 heavy (non-hydrogen) atoms. The molecule has 0 saturated carbocycles. The zero-order valence-electron chi connectivity index (χ0n) is 13.4. The summed E-state index contributed by atoms with van der Waals surface area (Å²) < 4.78 is 14.2. The first-order valence-corrected chi connectivity index (χ1v) is 9.39. The molecule has 0 heterocycles. The first kappa shape index (κ1) is 18.9. The van der Waals surface area contributed by atoms with Gasteiger partial charge in [0.25, 0.3) is 0 Å². The molecule has 0 aromatic heterocycles. The molecular formula is C18H29FIN. The van der Waals surface area contributed by atoms with Crippen LogP contribution in [-0.4, -0.2) is 7.05 Å². The summed E-state index contributed by atoms with van der Waals surface area (Å²) in [6, 6.07) is 5.45. The van der Waals surface area contributed by atoms with Crippen LogP contribution in [0.4, 0.5) is 4.39 Å². The second-order valence-corrected chi connectivity index (χ2v) is 6.93. The molecule has 0 spiro atoms. The van der Waals surface area contributed by atoms with Crippen LogP contribution in [0.1, 0.15) is 76.3 Å². The van der Waals surface area contributed by atoms with Gasteiger partial charge in [0.15, 0.2) is 0 Å². The summed E-state index contributed by atoms with van der Waals surface area (Å²) in [5.41, 5.74) is 1.22. The Morgan fingerprint density at radius 2 is 1.67 bits per heavy atom. The van der Waals surface area contributed by atoms with Gasteiger partial charge in [0.1, 0.15) is 5.82 Å². The molecule has 0 aliphatic heterocycles. The molecule has 0 radical (unpaired) electrons. The lowest BCUT2D eigenvalue weighted by Gasteiger charge is -2.18. The van der Waals surface area contributed by atoms with Crippen LogP contribution >= 0.6 is 22.6 Å². The van der Waals surface area contributed by atoms with Crippen molar-refractivity contribution in [3.05, 3.63) is 33.1 Å². The van der Waals surface area contributed by atoms with Gasteiger partial charge in [0.2, 0.25) is 0 Å². The van der Waals surface area contributed by atoms with Gasteiger partial charge in [-0.1, -0.05) is 64.4 Å². The highest BCUT2D eigenvalue weighted by Crippen LogP contribution is 2.25. The summed E-state index contributed by atoms with van der Waals surface area (Å²) in [5, 5.41) is 3.37. The molecule has 0 bridgehead atoms. The van der Waals surface area contributed by atoms with Crippen molar-refractivity contribution in [2.24, 2.45) is 0 Å². The van der Waals surface area contributed by atoms with E-state index in [0.29, 0.717) is 6.04 Å². The lowest BCUT2D eigenvalue weighted by Crippen LogP contribution is -2.17. The number of hydrogen-bond acceptors (Lipinski definition) is 1. The predicted molar refractivity (Wildman–Crippen MR) is 98.1 cm³/mol. The third-order valence-corrected chi connectivity index (χ3v) is 4.97. The van der Waals surface area contributed by atoms with Crippen LogP contribution in [0.5, 0.6) is 0 Å². The number of unbranched alkanes of at least 4 members (excludes halogenated alkanes) is 7. The Hall–Kier alpha value is -0.160. The molecule has 0 aliphatic rings. The molecule has 1 atom stereocenters. The highest BCUT2D eigenvalue weighted by Gasteiger charge is 2.12. The lowest BCUT2D eigenvalue weighted by atomic mass is 9.99. The minimum absolute atomic E-state index is 0.148. The van der Waals surface area contributed by atoms with E-state index in [2.05, 4.69) is 34.8 Å². The largest absolute Gasteiger partial charge is 0.313 e. The molecule has 1 aromatic carbocycles. The first-order chi connectivity index (χ1) is 10.2. The Kier molecular flexibility index (Phi) is 10.3. The standard InChI is InChI=1S/C18H29FIN/c1-3-4-5-6-7-8-9-10-11-18(21-2)16-13-12-15(19)14-17(16)20/h12-14,18,21H,3-11H2,1-2H3. The van der Waals surface area contributed by atoms with Gasteiger partial charge in [-0.25, -0.2) is 4.39 Å². The van der Waals surface area contributed by atoms with Crippen LogP contribution in [-0.2, 0) is 0 Å². The summed E-state index contributed by atoms with van der Waals surface area (Å²) in [7, 11) is 1.99. The van der Waals surface area contributed by atoms with E-state index in [4.69, 9.17) is 0 Å². The van der Waals surface area contributed by atoms with Gasteiger partial charge in [-0.2, -0.15) is 0 Å². The average molecular weight is 405 g/mol. The van der Waals surface area contributed by atoms with Crippen LogP contribution < -0.4 is 5.32 Å². The normalized spacial score (nSPS) is 12.6. The van der Waals surface area contributed by atoms with E-state index in [-0.39, 0.29) is 5.82 Å². The van der Waals surface area contributed by atoms with Crippen molar-refractivity contribution in [1.29, 1.82) is 0 Å². The predicted octanol–water partition coefficient (Wildman–Crippen LogP) is 6.22. The number of halogens is 2. The maximum absolute atomic E-state index is 13.2. The van der Waals surface area contributed by atoms with Crippen LogP contribution in [0.3, 0.4) is 0 Å². The minimum Gasteiger partial charge on any atom is -0.313 e. The SMILES string of the molecule is CCCCCCCCCCC(NC)c1ccc(F)cc1I. The van der Waals surface area contributed by atoms with Gasteiger partial charge in [0, 0.05) is 9.61 Å². The van der Waals surface area contributed by atoms with E-state index >= 15 is 0 Å². The van der Waals surface area contributed by atoms with Crippen molar-refractivity contribution < 1.29 is 4.39 Å². The molecule has 0 aliphatic carbocycles. The fourth-order valence-corrected chi connectivity index (χ4v) is 3.57. The Morgan fingerprint density at radius 3 is 2.24 bits per heavy atom. The van der Waals surface area contributed by atoms with Crippen molar-refractivity contribution in [1.82, 2.24) is 5.32 Å². The Labute approximate surface area is 143 Å². The Bertz CT molecular complexity index is 395. The van der Waals surface area contributed by atoms with Gasteiger partial charge in [-0.3, -0.25) is 0 Å². The van der Waals surface area contributed by atoms with E-state index in [0.717, 1.165) is 9.99 Å². The molecule has 1 rings (SSSR count). The maximum atomic E-state index is 13.2. The number of hydrogen-bond donors (Lipinski definition) is 1. The van der Waals surface area contributed by atoms with Crippen molar-refractivity contribution in [3.63, 3.8) is 0 Å². The molecule has 3 heteroatoms. The highest BCUT2D eigenvalue weighted by molar-refractivity contribution is 14.1. The monoisotopic (exact) mass is 405 g/mol. The molecule has 1 N–H and O–H groups in total. The van der Waals surface area contributed by atoms with Gasteiger partial charge in [-0.15, -0.1) is 0 Å². The molecule has 0 amide bonds. The second kappa shape index (κ2) is 11.4. The van der Waals surface area contributed by atoms with Crippen LogP contribution in [0.2, 0.25) is 0 Å². The average Bonchev–Trinajstić information content (AvgIpc) is 2.47. The fourth-order valence-electron chi connectivity index (χ4n) is 2.72. The van der Waals surface area contributed by atoms with Gasteiger partial charge in [0.05, 0.1) is 0 Å². The van der Waals surface area contributed by atoms with E-state index in [1.54, 1.807) is 12.1 Å². The third-order valence-electron chi connectivity index (χ3n) is 4.03. The summed E-state index contributed by atoms with van der Waals surface area (Å²) in [5.74, 6) is -0.148. The van der Waals surface area contributed by atoms with Gasteiger partial charge >= 0.3 is 0 Å². The summed E-state index contributed by atoms with van der Waals surface area (Å²) in [6.45, 7) is 2.26. The van der Waals surface area contributed by atoms with Crippen LogP contribution in [0.15, 0.2) is 18.2 Å². The zero-order chi connectivity index (χ0) is 15.5. The quantitative estimate of drug-likeness (QED) is 0.340. The molecule has 1 nitrogen and oxygen atoms in total. The van der Waals surface area contributed by atoms with E-state index < -0.39 is 0 Å². The number of rotatable bonds is 11. The highest BCUT2D eigenvalue weighted by atomic mass is 127. The van der Waals surface area contributed by atoms with E-state index in [9.17, 15) is 4.39 Å². The molecule has 1 unspecified atom stereocenters. The van der Waals surface area contributed by atoms with E-state index in [1.165, 1.54) is 56.9 Å². The molecule has 1 aromatic rings. The topological polar surface area (TPSA) is 12.0 Å². The van der Waals surface area contributed by atoms with Crippen molar-refractivity contribution in [3.8, 4) is 0 Å². The maximum Gasteiger partial charge on any atom is 0.124 e. The third kappa shape index (κ3) is 7.59. The number of nitrogens with one attached hydrogen (secondary N) is 1.